The summed E-state index contributed by atoms with van der Waals surface area (Å²) in [6.07, 6.45) is 3.56. The number of aromatic amines is 1. The van der Waals surface area contributed by atoms with Gasteiger partial charge in [0.1, 0.15) is 5.82 Å². The Labute approximate surface area is 98.5 Å². The molecule has 1 aromatic carbocycles. The molecule has 0 aliphatic rings. The lowest BCUT2D eigenvalue weighted by Crippen LogP contribution is -1.88. The smallest absolute Gasteiger partial charge is 0.126 e. The Hall–Kier alpha value is -2.36. The number of rotatable bonds is 1. The molecule has 0 saturated heterocycles. The minimum Gasteiger partial charge on any atom is -0.384 e. The van der Waals surface area contributed by atoms with Gasteiger partial charge in [0.05, 0.1) is 6.20 Å². The zero-order chi connectivity index (χ0) is 11.8. The normalized spacial score (nSPS) is 10.9. The molecule has 0 radical (unpaired) electrons. The fraction of sp³-hybridized carbons (Fsp3) is 0.0769. The van der Waals surface area contributed by atoms with Crippen molar-refractivity contribution < 1.29 is 0 Å². The summed E-state index contributed by atoms with van der Waals surface area (Å²) in [6.45, 7) is 2.00. The SMILES string of the molecule is Cc1nccc2ccc(-c3cn[nH]c3N)cc12. The van der Waals surface area contributed by atoms with Gasteiger partial charge >= 0.3 is 0 Å². The lowest BCUT2D eigenvalue weighted by Gasteiger charge is -2.04. The van der Waals surface area contributed by atoms with Crippen LogP contribution in [0, 0.1) is 6.92 Å². The molecule has 84 valence electrons. The van der Waals surface area contributed by atoms with Crippen molar-refractivity contribution >= 4 is 16.6 Å². The number of nitrogens with two attached hydrogens (primary N) is 1. The highest BCUT2D eigenvalue weighted by Gasteiger charge is 2.06. The van der Waals surface area contributed by atoms with Crippen LogP contribution < -0.4 is 5.73 Å². The van der Waals surface area contributed by atoms with Gasteiger partial charge in [0.15, 0.2) is 0 Å². The lowest BCUT2D eigenvalue weighted by molar-refractivity contribution is 1.10. The molecule has 3 rings (SSSR count). The highest BCUT2D eigenvalue weighted by atomic mass is 15.1. The summed E-state index contributed by atoms with van der Waals surface area (Å²) in [5.41, 5.74) is 8.82. The third kappa shape index (κ3) is 1.54. The van der Waals surface area contributed by atoms with Gasteiger partial charge in [0, 0.05) is 22.8 Å². The van der Waals surface area contributed by atoms with Gasteiger partial charge < -0.3 is 5.73 Å². The van der Waals surface area contributed by atoms with Crippen LogP contribution in [0.5, 0.6) is 0 Å². The lowest BCUT2D eigenvalue weighted by atomic mass is 10.0. The zero-order valence-electron chi connectivity index (χ0n) is 9.44. The molecule has 0 fully saturated rings. The van der Waals surface area contributed by atoms with E-state index in [1.807, 2.05) is 25.3 Å². The van der Waals surface area contributed by atoms with Gasteiger partial charge in [0.2, 0.25) is 0 Å². The molecule has 3 N–H and O–H groups in total. The van der Waals surface area contributed by atoms with E-state index in [1.54, 1.807) is 6.20 Å². The number of nitrogen functional groups attached to an aromatic ring is 1. The molecular weight excluding hydrogens is 212 g/mol. The third-order valence-electron chi connectivity index (χ3n) is 2.95. The summed E-state index contributed by atoms with van der Waals surface area (Å²) in [4.78, 5) is 4.30. The maximum atomic E-state index is 5.82. The first-order chi connectivity index (χ1) is 8.25. The zero-order valence-corrected chi connectivity index (χ0v) is 9.44. The number of anilines is 1. The maximum absolute atomic E-state index is 5.82. The van der Waals surface area contributed by atoms with E-state index in [9.17, 15) is 0 Å². The Morgan fingerprint density at radius 2 is 2.12 bits per heavy atom. The van der Waals surface area contributed by atoms with Crippen molar-refractivity contribution in [3.8, 4) is 11.1 Å². The molecule has 2 aromatic heterocycles. The first kappa shape index (κ1) is 9.84. The average molecular weight is 224 g/mol. The molecule has 4 nitrogen and oxygen atoms in total. The summed E-state index contributed by atoms with van der Waals surface area (Å²) in [6, 6.07) is 8.22. The minimum absolute atomic E-state index is 0.589. The number of hydrogen-bond acceptors (Lipinski definition) is 3. The van der Waals surface area contributed by atoms with Crippen molar-refractivity contribution in [1.82, 2.24) is 15.2 Å². The molecular formula is C13H12N4. The molecule has 0 aliphatic carbocycles. The Morgan fingerprint density at radius 1 is 1.24 bits per heavy atom. The number of benzene rings is 1. The van der Waals surface area contributed by atoms with Crippen LogP contribution >= 0.6 is 0 Å². The maximum Gasteiger partial charge on any atom is 0.126 e. The molecule has 0 unspecified atom stereocenters. The minimum atomic E-state index is 0.589. The summed E-state index contributed by atoms with van der Waals surface area (Å²) in [7, 11) is 0. The van der Waals surface area contributed by atoms with Gasteiger partial charge in [-0.25, -0.2) is 0 Å². The Morgan fingerprint density at radius 3 is 2.88 bits per heavy atom. The number of H-pyrrole nitrogens is 1. The van der Waals surface area contributed by atoms with E-state index in [0.29, 0.717) is 5.82 Å². The Kier molecular flexibility index (Phi) is 2.08. The second-order valence-electron chi connectivity index (χ2n) is 4.03. The number of aryl methyl sites for hydroxylation is 1. The fourth-order valence-corrected chi connectivity index (χ4v) is 2.01. The number of nitrogens with one attached hydrogen (secondary N) is 1. The third-order valence-corrected chi connectivity index (χ3v) is 2.95. The van der Waals surface area contributed by atoms with Gasteiger partial charge in [-0.3, -0.25) is 10.1 Å². The number of fused-ring (bicyclic) bond motifs is 1. The predicted molar refractivity (Wildman–Crippen MR) is 68.5 cm³/mol. The van der Waals surface area contributed by atoms with Crippen molar-refractivity contribution in [2.24, 2.45) is 0 Å². The van der Waals surface area contributed by atoms with Crippen molar-refractivity contribution in [1.29, 1.82) is 0 Å². The van der Waals surface area contributed by atoms with E-state index < -0.39 is 0 Å². The molecule has 0 saturated carbocycles. The largest absolute Gasteiger partial charge is 0.384 e. The Bertz CT molecular complexity index is 685. The molecule has 3 aromatic rings. The molecule has 0 atom stereocenters. The van der Waals surface area contributed by atoms with Gasteiger partial charge in [-0.2, -0.15) is 5.10 Å². The van der Waals surface area contributed by atoms with Crippen LogP contribution in [0.4, 0.5) is 5.82 Å². The topological polar surface area (TPSA) is 67.6 Å². The van der Waals surface area contributed by atoms with Gasteiger partial charge in [-0.1, -0.05) is 12.1 Å². The van der Waals surface area contributed by atoms with E-state index in [-0.39, 0.29) is 0 Å². The van der Waals surface area contributed by atoms with E-state index in [4.69, 9.17) is 5.73 Å². The van der Waals surface area contributed by atoms with Crippen LogP contribution in [-0.2, 0) is 0 Å². The van der Waals surface area contributed by atoms with Crippen molar-refractivity contribution in [3.63, 3.8) is 0 Å². The van der Waals surface area contributed by atoms with Gasteiger partial charge in [0.25, 0.3) is 0 Å². The van der Waals surface area contributed by atoms with E-state index in [2.05, 4.69) is 27.3 Å². The van der Waals surface area contributed by atoms with E-state index in [0.717, 1.165) is 22.2 Å². The van der Waals surface area contributed by atoms with Crippen LogP contribution in [0.2, 0.25) is 0 Å². The first-order valence-corrected chi connectivity index (χ1v) is 5.40. The van der Waals surface area contributed by atoms with Crippen LogP contribution in [0.25, 0.3) is 21.9 Å². The first-order valence-electron chi connectivity index (χ1n) is 5.40. The van der Waals surface area contributed by atoms with Crippen LogP contribution in [0.3, 0.4) is 0 Å². The molecule has 0 amide bonds. The van der Waals surface area contributed by atoms with E-state index >= 15 is 0 Å². The Balaban J connectivity index is 2.27. The molecule has 17 heavy (non-hydrogen) atoms. The summed E-state index contributed by atoms with van der Waals surface area (Å²) in [5, 5.41) is 9.00. The molecule has 2 heterocycles. The second kappa shape index (κ2) is 3.59. The average Bonchev–Trinajstić information content (AvgIpc) is 2.76. The van der Waals surface area contributed by atoms with Gasteiger partial charge in [-0.05, 0) is 30.0 Å². The van der Waals surface area contributed by atoms with Crippen molar-refractivity contribution in [2.45, 2.75) is 6.92 Å². The molecule has 4 heteroatoms. The summed E-state index contributed by atoms with van der Waals surface area (Å²) >= 11 is 0. The number of aromatic nitrogens is 3. The highest BCUT2D eigenvalue weighted by molar-refractivity contribution is 5.90. The van der Waals surface area contributed by atoms with Crippen LogP contribution in [0.1, 0.15) is 5.69 Å². The van der Waals surface area contributed by atoms with Crippen molar-refractivity contribution in [3.05, 3.63) is 42.4 Å². The van der Waals surface area contributed by atoms with Crippen molar-refractivity contribution in [2.75, 3.05) is 5.73 Å². The number of pyridine rings is 1. The van der Waals surface area contributed by atoms with Crippen LogP contribution in [-0.4, -0.2) is 15.2 Å². The summed E-state index contributed by atoms with van der Waals surface area (Å²) < 4.78 is 0. The number of nitrogens with zero attached hydrogens (tertiary/aromatic N) is 2. The fourth-order valence-electron chi connectivity index (χ4n) is 2.01. The van der Waals surface area contributed by atoms with Crippen LogP contribution in [0.15, 0.2) is 36.7 Å². The molecule has 0 aliphatic heterocycles. The summed E-state index contributed by atoms with van der Waals surface area (Å²) in [5.74, 6) is 0.589. The highest BCUT2D eigenvalue weighted by Crippen LogP contribution is 2.27. The number of hydrogen-bond donors (Lipinski definition) is 2. The predicted octanol–water partition coefficient (Wildman–Crippen LogP) is 2.52. The molecule has 0 spiro atoms. The quantitative estimate of drug-likeness (QED) is 0.667. The standard InChI is InChI=1S/C13H12N4/c1-8-11-6-10(12-7-16-17-13(12)14)3-2-9(11)4-5-15-8/h2-7H,1H3,(H3,14,16,17). The molecule has 0 bridgehead atoms. The van der Waals surface area contributed by atoms with E-state index in [1.165, 1.54) is 5.39 Å². The second-order valence-corrected chi connectivity index (χ2v) is 4.03. The monoisotopic (exact) mass is 224 g/mol. The van der Waals surface area contributed by atoms with Gasteiger partial charge in [-0.15, -0.1) is 0 Å².